The van der Waals surface area contributed by atoms with Crippen LogP contribution in [-0.2, 0) is 54.3 Å². The number of benzene rings is 8. The number of ether oxygens (including phenoxy) is 2. The van der Waals surface area contributed by atoms with Crippen molar-refractivity contribution in [2.75, 3.05) is 21.3 Å². The number of rotatable bonds is 16. The first-order valence-electron chi connectivity index (χ1n) is 50.1. The van der Waals surface area contributed by atoms with E-state index in [9.17, 15) is 28.0 Å². The molecule has 4 N–H and O–H groups in total. The van der Waals surface area contributed by atoms with Crippen LogP contribution in [-0.4, -0.2) is 118 Å². The van der Waals surface area contributed by atoms with Crippen LogP contribution >= 0.6 is 91.8 Å². The van der Waals surface area contributed by atoms with Crippen molar-refractivity contribution in [1.29, 1.82) is 0 Å². The summed E-state index contributed by atoms with van der Waals surface area (Å²) in [6.07, 6.45) is 5.33. The average molecular weight is 2160 g/mol. The summed E-state index contributed by atoms with van der Waals surface area (Å²) in [5, 5.41) is 54.2. The molecule has 2 aliphatic carbocycles. The van der Waals surface area contributed by atoms with E-state index in [1.165, 1.54) is 41.8 Å². The van der Waals surface area contributed by atoms with Gasteiger partial charge in [0.2, 0.25) is 23.6 Å². The lowest BCUT2D eigenvalue weighted by Crippen LogP contribution is -2.17. The van der Waals surface area contributed by atoms with Gasteiger partial charge >= 0.3 is 0 Å². The van der Waals surface area contributed by atoms with Crippen LogP contribution < -0.4 is 21.3 Å². The first-order chi connectivity index (χ1) is 72.3. The van der Waals surface area contributed by atoms with Crippen molar-refractivity contribution < 1.29 is 37.4 Å². The summed E-state index contributed by atoms with van der Waals surface area (Å²) >= 11 is 31.5. The molecule has 4 bridgehead atoms. The molecule has 36 heteroatoms. The number of alkyl halides is 2. The van der Waals surface area contributed by atoms with E-state index in [0.717, 1.165) is 192 Å². The third kappa shape index (κ3) is 18.9. The predicted octanol–water partition coefficient (Wildman–Crippen LogP) is 26.0. The van der Waals surface area contributed by atoms with Gasteiger partial charge < -0.3 is 30.7 Å². The Balaban J connectivity index is 0.000000110. The molecule has 150 heavy (non-hydrogen) atoms. The highest BCUT2D eigenvalue weighted by Crippen LogP contribution is 2.54. The van der Waals surface area contributed by atoms with Gasteiger partial charge in [0.05, 0.1) is 72.9 Å². The minimum atomic E-state index is -0.851. The topological polar surface area (TPSA) is 307 Å². The lowest BCUT2D eigenvalue weighted by atomic mass is 9.91. The third-order valence-corrected chi connectivity index (χ3v) is 35.6. The molecule has 10 atom stereocenters. The number of hydrogen-bond donors (Lipinski definition) is 4. The molecule has 10 aliphatic rings. The van der Waals surface area contributed by atoms with Gasteiger partial charge in [-0.15, -0.1) is 86.1 Å². The Morgan fingerprint density at radius 1 is 0.307 bits per heavy atom. The second-order valence-electron chi connectivity index (χ2n) is 39.7. The zero-order chi connectivity index (χ0) is 104. The summed E-state index contributed by atoms with van der Waals surface area (Å²) in [6, 6.07) is 51.9. The maximum atomic E-state index is 13.8. The monoisotopic (exact) mass is 2150 g/mol. The van der Waals surface area contributed by atoms with E-state index in [-0.39, 0.29) is 73.7 Å². The number of aromatic nitrogens is 12. The van der Waals surface area contributed by atoms with E-state index in [0.29, 0.717) is 80.4 Å². The molecule has 2 saturated heterocycles. The Labute approximate surface area is 900 Å². The molecule has 0 spiro atoms. The molecule has 8 aromatic carbocycles. The number of nitrogens with zero attached hydrogens (tertiary/aromatic N) is 16. The Morgan fingerprint density at radius 3 is 0.800 bits per heavy atom. The van der Waals surface area contributed by atoms with Crippen molar-refractivity contribution in [3.8, 4) is 20.0 Å². The quantitative estimate of drug-likeness (QED) is 0.0699. The molecule has 8 aromatic heterocycles. The number of fused-ring (bicyclic) bond motifs is 24. The third-order valence-electron chi connectivity index (χ3n) is 29.9. The maximum Gasteiger partial charge on any atom is 0.227 e. The molecule has 16 heterocycles. The molecule has 0 radical (unpaired) electrons. The lowest BCUT2D eigenvalue weighted by Gasteiger charge is -2.15. The Bertz CT molecular complexity index is 7860. The van der Waals surface area contributed by atoms with E-state index >= 15 is 0 Å². The molecule has 26 rings (SSSR count). The van der Waals surface area contributed by atoms with Crippen LogP contribution in [0.1, 0.15) is 277 Å². The van der Waals surface area contributed by atoms with Crippen molar-refractivity contribution in [2.45, 2.75) is 221 Å². The van der Waals surface area contributed by atoms with Crippen LogP contribution in [0.25, 0.3) is 20.0 Å². The lowest BCUT2D eigenvalue weighted by molar-refractivity contribution is -0.117. The van der Waals surface area contributed by atoms with Crippen LogP contribution in [0.4, 0.5) is 31.5 Å². The zero-order valence-corrected chi connectivity index (χ0v) is 90.2. The predicted molar refractivity (Wildman–Crippen MR) is 588 cm³/mol. The molecule has 0 saturated carbocycles. The van der Waals surface area contributed by atoms with Crippen LogP contribution in [0.5, 0.6) is 0 Å². The normalized spacial score (nSPS) is 19.5. The van der Waals surface area contributed by atoms with Crippen LogP contribution in [0, 0.1) is 83.1 Å². The number of nitrogens with one attached hydrogen (secondary N) is 4. The minimum absolute atomic E-state index is 0.0883. The van der Waals surface area contributed by atoms with Gasteiger partial charge in [0.25, 0.3) is 0 Å². The zero-order valence-electron chi connectivity index (χ0n) is 83.9. The molecular weight excluding hydrogens is 2050 g/mol. The van der Waals surface area contributed by atoms with Gasteiger partial charge in [0.1, 0.15) is 79.8 Å². The SMILES string of the molecule is Cc1sc2c(c1C)C(c1ccc(Cl)cc1)=N[C@@H](CC(=O)Nc1ccc3c(c1)C[C@@H](F)C3)c1nnc(C)n1-2.Cc1sc2c(c1C)C(c1ccc(Cl)cc1)=N[C@@H](CC(=O)Nc1ccc3c(c1)C[C@H](F)C3)c1nnc(C)n1-2.Cc1sc2c(c1C)C(c1ccc(Cl)cc1)=N[C@@H](CC(=O)Nc1ccc3c(c1)[C@@H]1CC[C@H]3O1)c1nnc(C)n1-2.Cc1sc2c(c1C)C(c1ccc(Cl)cc1)=N[C@@H](CC(=O)Nc1ccc3c(c1)[C@H]1CC[C@@H]3O1)c1nnc(C)n1-2. The van der Waals surface area contributed by atoms with Crippen molar-refractivity contribution in [3.63, 3.8) is 0 Å². The van der Waals surface area contributed by atoms with E-state index in [1.54, 1.807) is 45.3 Å². The number of aliphatic imine (C=N–C) groups is 4. The molecular formula is C114H102Cl4F2N20O6S4. The largest absolute Gasteiger partial charge is 0.366 e. The highest BCUT2D eigenvalue weighted by atomic mass is 35.5. The average Bonchev–Trinajstić information content (AvgIpc) is 1.59. The summed E-state index contributed by atoms with van der Waals surface area (Å²) in [6.45, 7) is 24.6. The maximum absolute atomic E-state index is 13.8. The molecule has 26 nitrogen and oxygen atoms in total. The first-order valence-corrected chi connectivity index (χ1v) is 54.8. The van der Waals surface area contributed by atoms with Crippen LogP contribution in [0.3, 0.4) is 0 Å². The summed E-state index contributed by atoms with van der Waals surface area (Å²) in [4.78, 5) is 78.8. The molecule has 16 aromatic rings. The fraction of sp³-hybridized carbons (Fsp3) is 0.298. The number of aryl methyl sites for hydroxylation is 8. The number of halogens is 6. The van der Waals surface area contributed by atoms with Gasteiger partial charge in [-0.25, -0.2) is 8.78 Å². The van der Waals surface area contributed by atoms with E-state index in [1.807, 2.05) is 182 Å². The molecule has 4 amide bonds. The van der Waals surface area contributed by atoms with Gasteiger partial charge in [0.15, 0.2) is 23.3 Å². The van der Waals surface area contributed by atoms with Gasteiger partial charge in [0, 0.05) is 133 Å². The second-order valence-corrected chi connectivity index (χ2v) is 46.2. The first kappa shape index (κ1) is 99.9. The van der Waals surface area contributed by atoms with Crippen LogP contribution in [0.2, 0.25) is 20.1 Å². The summed E-state index contributed by atoms with van der Waals surface area (Å²) in [5.41, 5.74) is 27.5. The number of amides is 4. The fourth-order valence-corrected chi connectivity index (χ4v) is 27.4. The van der Waals surface area contributed by atoms with Gasteiger partial charge in [-0.3, -0.25) is 57.4 Å². The summed E-state index contributed by atoms with van der Waals surface area (Å²) in [7, 11) is 0. The number of anilines is 4. The summed E-state index contributed by atoms with van der Waals surface area (Å²) in [5.74, 6) is 5.02. The van der Waals surface area contributed by atoms with Gasteiger partial charge in [-0.2, -0.15) is 0 Å². The van der Waals surface area contributed by atoms with Crippen molar-refractivity contribution in [1.82, 2.24) is 59.1 Å². The second kappa shape index (κ2) is 40.4. The fourth-order valence-electron chi connectivity index (χ4n) is 22.0. The Hall–Kier alpha value is -13.4. The highest BCUT2D eigenvalue weighted by Gasteiger charge is 2.43. The number of hydrogen-bond acceptors (Lipinski definition) is 22. The highest BCUT2D eigenvalue weighted by molar-refractivity contribution is 7.16. The van der Waals surface area contributed by atoms with Gasteiger partial charge in [-0.1, -0.05) is 119 Å². The molecule has 760 valence electrons. The Kier molecular flexibility index (Phi) is 26.9. The van der Waals surface area contributed by atoms with Crippen molar-refractivity contribution >= 4 is 161 Å². The minimum Gasteiger partial charge on any atom is -0.366 e. The number of carbonyl (C=O) groups is 4. The summed E-state index contributed by atoms with van der Waals surface area (Å²) < 4.78 is 47.9. The standard InChI is InChI=1S/2C29H26ClN5O2S.2C28H25ClFN5OS/c2*1-14-15(2)38-29-26(14)27(17-4-6-18(30)7-5-17)32-22(28-34-33-16(3)35(28)29)13-25(36)31-19-8-9-20-21(12-19)24-11-10-23(20)37-24;2*1-14-15(2)37-28-25(14)26(17-4-7-20(29)8-5-17)32-23(27-34-33-16(3)35(27)28)13-24(36)31-22-9-6-18-10-21(30)11-19(18)12-22/h2*4-9,12,22-24H,10-11,13H2,1-3H3,(H,31,36);2*4-9,12,21,23H,10-11,13H2,1-3H3,(H,31,36)/t22-,23+,24-;22-,23-,24+;21-,23+;21-,23-/m0010/s1. The molecule has 2 fully saturated rings. The smallest absolute Gasteiger partial charge is 0.227 e. The van der Waals surface area contributed by atoms with Crippen molar-refractivity contribution in [3.05, 3.63) is 367 Å². The van der Waals surface area contributed by atoms with E-state index < -0.39 is 36.5 Å². The van der Waals surface area contributed by atoms with Crippen molar-refractivity contribution in [2.24, 2.45) is 20.0 Å². The number of carbonyl (C=O) groups excluding carboxylic acids is 4. The molecule has 8 aliphatic heterocycles. The Morgan fingerprint density at radius 2 is 0.540 bits per heavy atom. The van der Waals surface area contributed by atoms with Crippen LogP contribution in [0.15, 0.2) is 190 Å². The van der Waals surface area contributed by atoms with E-state index in [4.69, 9.17) is 75.8 Å². The van der Waals surface area contributed by atoms with Gasteiger partial charge in [-0.05, 0) is 273 Å². The van der Waals surface area contributed by atoms with E-state index in [2.05, 4.69) is 151 Å². The number of thiophene rings is 4. The molecule has 0 unspecified atom stereocenters.